The lowest BCUT2D eigenvalue weighted by molar-refractivity contribution is -0.128. The summed E-state index contributed by atoms with van der Waals surface area (Å²) in [5.74, 6) is -1.74. The van der Waals surface area contributed by atoms with E-state index in [0.29, 0.717) is 18.6 Å². The third kappa shape index (κ3) is 4.25. The first-order chi connectivity index (χ1) is 14.9. The van der Waals surface area contributed by atoms with Crippen LogP contribution < -0.4 is 15.6 Å². The third-order valence-corrected chi connectivity index (χ3v) is 5.02. The molecule has 0 saturated carbocycles. The Balaban J connectivity index is 1.44. The molecule has 1 aromatic heterocycles. The van der Waals surface area contributed by atoms with Gasteiger partial charge in [0, 0.05) is 11.3 Å². The highest BCUT2D eigenvalue weighted by atomic mass is 19.1. The minimum atomic E-state index is -0.938. The summed E-state index contributed by atoms with van der Waals surface area (Å²) in [6.07, 6.45) is 1.22. The second-order valence-corrected chi connectivity index (χ2v) is 7.15. The van der Waals surface area contributed by atoms with Crippen LogP contribution in [0.1, 0.15) is 35.1 Å². The van der Waals surface area contributed by atoms with Crippen LogP contribution in [0.15, 0.2) is 48.5 Å². The molecule has 0 fully saturated rings. The molecule has 1 aliphatic carbocycles. The maximum absolute atomic E-state index is 14.2. The Morgan fingerprint density at radius 2 is 1.81 bits per heavy atom. The molecule has 9 heteroatoms. The van der Waals surface area contributed by atoms with Gasteiger partial charge in [0.1, 0.15) is 23.1 Å². The van der Waals surface area contributed by atoms with Crippen molar-refractivity contribution in [2.75, 3.05) is 0 Å². The van der Waals surface area contributed by atoms with Crippen LogP contribution in [0.25, 0.3) is 5.69 Å². The van der Waals surface area contributed by atoms with Gasteiger partial charge in [-0.15, -0.1) is 0 Å². The van der Waals surface area contributed by atoms with E-state index < -0.39 is 29.6 Å². The number of nitrogens with one attached hydrogen (secondary N) is 2. The monoisotopic (exact) mass is 426 g/mol. The van der Waals surface area contributed by atoms with Gasteiger partial charge in [0.2, 0.25) is 0 Å². The molecule has 1 aliphatic rings. The van der Waals surface area contributed by atoms with Gasteiger partial charge >= 0.3 is 0 Å². The average Bonchev–Trinajstić information content (AvgIpc) is 3.37. The second kappa shape index (κ2) is 8.55. The van der Waals surface area contributed by atoms with Gasteiger partial charge in [-0.2, -0.15) is 5.10 Å². The summed E-state index contributed by atoms with van der Waals surface area (Å²) in [5, 5.41) is 4.31. The first-order valence-corrected chi connectivity index (χ1v) is 9.82. The van der Waals surface area contributed by atoms with E-state index in [1.807, 2.05) is 0 Å². The van der Waals surface area contributed by atoms with E-state index in [0.717, 1.165) is 17.7 Å². The molecule has 0 aliphatic heterocycles. The Labute approximate surface area is 177 Å². The molecule has 0 saturated heterocycles. The Kier molecular flexibility index (Phi) is 5.66. The zero-order chi connectivity index (χ0) is 22.0. The van der Waals surface area contributed by atoms with Crippen molar-refractivity contribution in [1.82, 2.24) is 20.6 Å². The summed E-state index contributed by atoms with van der Waals surface area (Å²) in [5.41, 5.74) is 6.58. The van der Waals surface area contributed by atoms with Crippen LogP contribution in [-0.2, 0) is 17.6 Å². The Morgan fingerprint density at radius 3 is 2.55 bits per heavy atom. The fourth-order valence-corrected chi connectivity index (χ4v) is 3.49. The van der Waals surface area contributed by atoms with Gasteiger partial charge in [0.15, 0.2) is 11.8 Å². The molecule has 1 atom stereocenters. The third-order valence-electron chi connectivity index (χ3n) is 5.02. The van der Waals surface area contributed by atoms with Gasteiger partial charge in [0.25, 0.3) is 11.8 Å². The topological polar surface area (TPSA) is 85.2 Å². The van der Waals surface area contributed by atoms with Crippen molar-refractivity contribution in [1.29, 1.82) is 0 Å². The highest BCUT2D eigenvalue weighted by Crippen LogP contribution is 2.28. The summed E-state index contributed by atoms with van der Waals surface area (Å²) >= 11 is 0. The molecule has 2 N–H and O–H groups in total. The van der Waals surface area contributed by atoms with Crippen molar-refractivity contribution in [3.63, 3.8) is 0 Å². The van der Waals surface area contributed by atoms with Gasteiger partial charge in [-0.05, 0) is 62.6 Å². The predicted octanol–water partition coefficient (Wildman–Crippen LogP) is 2.87. The van der Waals surface area contributed by atoms with Crippen LogP contribution in [0.2, 0.25) is 0 Å². The van der Waals surface area contributed by atoms with Crippen LogP contribution in [0.4, 0.5) is 8.78 Å². The molecule has 2 amide bonds. The number of hydrogen-bond donors (Lipinski definition) is 2. The molecule has 160 valence electrons. The molecule has 2 aromatic carbocycles. The molecular weight excluding hydrogens is 406 g/mol. The number of carbonyl (C=O) groups is 2. The molecule has 4 rings (SSSR count). The van der Waals surface area contributed by atoms with Crippen LogP contribution >= 0.6 is 0 Å². The number of amides is 2. The van der Waals surface area contributed by atoms with Crippen molar-refractivity contribution >= 4 is 11.8 Å². The van der Waals surface area contributed by atoms with Crippen molar-refractivity contribution in [3.05, 3.63) is 77.1 Å². The lowest BCUT2D eigenvalue weighted by atomic mass is 10.2. The van der Waals surface area contributed by atoms with Crippen molar-refractivity contribution in [3.8, 4) is 11.4 Å². The van der Waals surface area contributed by atoms with Crippen LogP contribution in [0.5, 0.6) is 5.75 Å². The van der Waals surface area contributed by atoms with E-state index in [2.05, 4.69) is 16.0 Å². The number of benzene rings is 2. The summed E-state index contributed by atoms with van der Waals surface area (Å²) in [4.78, 5) is 24.9. The number of fused-ring (bicyclic) bond motifs is 1. The van der Waals surface area contributed by atoms with E-state index in [1.54, 1.807) is 18.2 Å². The van der Waals surface area contributed by atoms with Crippen LogP contribution in [-0.4, -0.2) is 27.7 Å². The Hall–Kier alpha value is -3.75. The van der Waals surface area contributed by atoms with Crippen LogP contribution in [0.3, 0.4) is 0 Å². The molecule has 3 aromatic rings. The fourth-order valence-electron chi connectivity index (χ4n) is 3.49. The highest BCUT2D eigenvalue weighted by Gasteiger charge is 2.28. The number of hydrogen-bond acceptors (Lipinski definition) is 4. The normalized spacial score (nSPS) is 13.4. The molecule has 31 heavy (non-hydrogen) atoms. The van der Waals surface area contributed by atoms with Crippen molar-refractivity contribution in [2.24, 2.45) is 0 Å². The molecule has 0 spiro atoms. The smallest absolute Gasteiger partial charge is 0.290 e. The average molecular weight is 426 g/mol. The number of hydrazine groups is 1. The second-order valence-electron chi connectivity index (χ2n) is 7.15. The minimum Gasteiger partial charge on any atom is -0.481 e. The Bertz CT molecular complexity index is 1130. The molecule has 1 unspecified atom stereocenters. The number of aromatic nitrogens is 2. The van der Waals surface area contributed by atoms with Crippen molar-refractivity contribution in [2.45, 2.75) is 32.3 Å². The van der Waals surface area contributed by atoms with Crippen molar-refractivity contribution < 1.29 is 23.1 Å². The summed E-state index contributed by atoms with van der Waals surface area (Å²) in [6.45, 7) is 1.50. The molecule has 7 nitrogen and oxygen atoms in total. The van der Waals surface area contributed by atoms with Gasteiger partial charge in [-0.25, -0.2) is 13.5 Å². The first-order valence-electron chi connectivity index (χ1n) is 9.82. The molecule has 1 heterocycles. The fraction of sp³-hybridized carbons (Fsp3) is 0.227. The van der Waals surface area contributed by atoms with Gasteiger partial charge in [-0.3, -0.25) is 20.4 Å². The Morgan fingerprint density at radius 1 is 1.06 bits per heavy atom. The van der Waals surface area contributed by atoms with E-state index >= 15 is 0 Å². The molecular formula is C22H20F2N4O3. The quantitative estimate of drug-likeness (QED) is 0.615. The maximum atomic E-state index is 14.2. The molecule has 0 radical (unpaired) electrons. The van der Waals surface area contributed by atoms with Gasteiger partial charge < -0.3 is 4.74 Å². The van der Waals surface area contributed by atoms with E-state index in [4.69, 9.17) is 4.74 Å². The van der Waals surface area contributed by atoms with Gasteiger partial charge in [0.05, 0.1) is 0 Å². The minimum absolute atomic E-state index is 0.142. The number of halogens is 2. The lowest BCUT2D eigenvalue weighted by Crippen LogP contribution is -2.47. The summed E-state index contributed by atoms with van der Waals surface area (Å²) in [6, 6.07) is 11.4. The number of para-hydroxylation sites is 1. The number of carbonyl (C=O) groups excluding carboxylic acids is 2. The standard InChI is InChI=1S/C22H20F2N4O3/c1-13(31-15-11-9-14(23)10-12-15)21(29)25-26-22(30)20-16-5-4-8-18(16)28(27-20)19-7-3-2-6-17(19)24/h2-3,6-7,9-13H,4-5,8H2,1H3,(H,25,29)(H,26,30). The zero-order valence-corrected chi connectivity index (χ0v) is 16.7. The van der Waals surface area contributed by atoms with Crippen LogP contribution in [0, 0.1) is 11.6 Å². The highest BCUT2D eigenvalue weighted by molar-refractivity contribution is 5.95. The van der Waals surface area contributed by atoms with E-state index in [9.17, 15) is 18.4 Å². The SMILES string of the molecule is CC(Oc1ccc(F)cc1)C(=O)NNC(=O)c1nn(-c2ccccc2F)c2c1CCC2. The largest absolute Gasteiger partial charge is 0.481 e. The molecule has 0 bridgehead atoms. The zero-order valence-electron chi connectivity index (χ0n) is 16.7. The summed E-state index contributed by atoms with van der Waals surface area (Å²) in [7, 11) is 0. The summed E-state index contributed by atoms with van der Waals surface area (Å²) < 4.78 is 34.1. The van der Waals surface area contributed by atoms with Gasteiger partial charge in [-0.1, -0.05) is 12.1 Å². The maximum Gasteiger partial charge on any atom is 0.290 e. The number of nitrogens with zero attached hydrogens (tertiary/aromatic N) is 2. The lowest BCUT2D eigenvalue weighted by Gasteiger charge is -2.15. The first kappa shape index (κ1) is 20.5. The van der Waals surface area contributed by atoms with E-state index in [1.165, 1.54) is 41.9 Å². The number of ether oxygens (including phenoxy) is 1. The predicted molar refractivity (Wildman–Crippen MR) is 108 cm³/mol. The van der Waals surface area contributed by atoms with E-state index in [-0.39, 0.29) is 11.4 Å². The number of rotatable bonds is 5.